The fraction of sp³-hybridized carbons (Fsp3) is 0. The molecule has 5 nitrogen and oxygen atoms in total. The average molecular weight is 238 g/mol. The molecule has 0 spiro atoms. The molecule has 0 aliphatic rings. The van der Waals surface area contributed by atoms with Crippen LogP contribution in [0.3, 0.4) is 0 Å². The number of ketones is 1. The minimum atomic E-state index is -0.145. The topological polar surface area (TPSA) is 63.6 Å². The maximum absolute atomic E-state index is 12.3. The highest BCUT2D eigenvalue weighted by Crippen LogP contribution is 2.13. The summed E-state index contributed by atoms with van der Waals surface area (Å²) < 4.78 is 1.75. The van der Waals surface area contributed by atoms with Gasteiger partial charge < -0.3 is 4.57 Å². The van der Waals surface area contributed by atoms with Crippen LogP contribution in [0.2, 0.25) is 0 Å². The molecule has 3 rings (SSSR count). The zero-order valence-corrected chi connectivity index (χ0v) is 9.45. The van der Waals surface area contributed by atoms with Gasteiger partial charge in [0.05, 0.1) is 0 Å². The predicted octanol–water partition coefficient (Wildman–Crippen LogP) is 1.83. The Morgan fingerprint density at radius 1 is 1.00 bits per heavy atom. The molecule has 0 aliphatic carbocycles. The van der Waals surface area contributed by atoms with Crippen molar-refractivity contribution in [2.75, 3.05) is 0 Å². The Bertz CT molecular complexity index is 655. The van der Waals surface area contributed by atoms with Crippen molar-refractivity contribution in [3.63, 3.8) is 0 Å². The van der Waals surface area contributed by atoms with Gasteiger partial charge in [0.2, 0.25) is 5.78 Å². The number of benzene rings is 1. The quantitative estimate of drug-likeness (QED) is 0.708. The van der Waals surface area contributed by atoms with E-state index in [9.17, 15) is 4.79 Å². The van der Waals surface area contributed by atoms with E-state index in [1.807, 2.05) is 42.7 Å². The third kappa shape index (κ3) is 1.71. The van der Waals surface area contributed by atoms with Crippen LogP contribution in [0.1, 0.15) is 16.1 Å². The molecule has 18 heavy (non-hydrogen) atoms. The van der Waals surface area contributed by atoms with Gasteiger partial charge in [0.15, 0.2) is 11.5 Å². The van der Waals surface area contributed by atoms with Gasteiger partial charge >= 0.3 is 0 Å². The van der Waals surface area contributed by atoms with Crippen LogP contribution in [0.4, 0.5) is 0 Å². The molecule has 0 atom stereocenters. The highest BCUT2D eigenvalue weighted by atomic mass is 16.1. The summed E-state index contributed by atoms with van der Waals surface area (Å²) in [6.45, 7) is 0. The molecule has 1 aromatic carbocycles. The molecule has 0 amide bonds. The van der Waals surface area contributed by atoms with Crippen molar-refractivity contribution in [2.45, 2.75) is 0 Å². The molecular formula is C13H10N4O. The Labute approximate surface area is 103 Å². The van der Waals surface area contributed by atoms with E-state index in [4.69, 9.17) is 0 Å². The van der Waals surface area contributed by atoms with Gasteiger partial charge in [0, 0.05) is 18.0 Å². The van der Waals surface area contributed by atoms with E-state index in [0.717, 1.165) is 0 Å². The van der Waals surface area contributed by atoms with Gasteiger partial charge in [-0.3, -0.25) is 4.79 Å². The number of aromatic amines is 1. The number of nitrogens with one attached hydrogen (secondary N) is 1. The average Bonchev–Trinajstić information content (AvgIpc) is 3.09. The summed E-state index contributed by atoms with van der Waals surface area (Å²) in [5.74, 6) is 0.363. The standard InChI is InChI=1S/C13H10N4O/c18-12(10-6-2-1-3-7-10)11-13(15-16-14-11)17-8-4-5-9-17/h1-9H,(H,14,15,16). The number of H-pyrrole nitrogens is 1. The Hall–Kier alpha value is -2.69. The van der Waals surface area contributed by atoms with Crippen LogP contribution in [-0.4, -0.2) is 25.8 Å². The van der Waals surface area contributed by atoms with E-state index in [1.54, 1.807) is 16.7 Å². The third-order valence-electron chi connectivity index (χ3n) is 2.63. The van der Waals surface area contributed by atoms with E-state index in [1.165, 1.54) is 0 Å². The van der Waals surface area contributed by atoms with Crippen molar-refractivity contribution >= 4 is 5.78 Å². The van der Waals surface area contributed by atoms with Crippen molar-refractivity contribution in [1.82, 2.24) is 20.0 Å². The van der Waals surface area contributed by atoms with Crippen LogP contribution < -0.4 is 0 Å². The summed E-state index contributed by atoms with van der Waals surface area (Å²) >= 11 is 0. The van der Waals surface area contributed by atoms with E-state index >= 15 is 0 Å². The first kappa shape index (κ1) is 10.5. The second kappa shape index (κ2) is 4.29. The van der Waals surface area contributed by atoms with Crippen LogP contribution in [0, 0.1) is 0 Å². The van der Waals surface area contributed by atoms with E-state index in [2.05, 4.69) is 15.4 Å². The van der Waals surface area contributed by atoms with Gasteiger partial charge in [-0.2, -0.15) is 10.3 Å². The highest BCUT2D eigenvalue weighted by Gasteiger charge is 2.18. The lowest BCUT2D eigenvalue weighted by atomic mass is 10.1. The van der Waals surface area contributed by atoms with E-state index < -0.39 is 0 Å². The van der Waals surface area contributed by atoms with Crippen LogP contribution in [0.15, 0.2) is 54.9 Å². The largest absolute Gasteiger partial charge is 0.305 e. The Morgan fingerprint density at radius 2 is 1.72 bits per heavy atom. The lowest BCUT2D eigenvalue weighted by molar-refractivity contribution is 0.103. The number of rotatable bonds is 3. The molecular weight excluding hydrogens is 228 g/mol. The van der Waals surface area contributed by atoms with Crippen LogP contribution in [0.25, 0.3) is 5.82 Å². The number of carbonyl (C=O) groups is 1. The molecule has 2 aromatic heterocycles. The van der Waals surface area contributed by atoms with E-state index in [0.29, 0.717) is 17.1 Å². The number of aromatic nitrogens is 4. The number of hydrogen-bond donors (Lipinski definition) is 1. The summed E-state index contributed by atoms with van der Waals surface area (Å²) in [5, 5.41) is 10.4. The monoisotopic (exact) mass is 238 g/mol. The molecule has 0 aliphatic heterocycles. The molecule has 0 fully saturated rings. The van der Waals surface area contributed by atoms with Crippen molar-refractivity contribution < 1.29 is 4.79 Å². The fourth-order valence-electron chi connectivity index (χ4n) is 1.76. The molecule has 0 unspecified atom stereocenters. The molecule has 1 N–H and O–H groups in total. The first-order valence-electron chi connectivity index (χ1n) is 5.50. The summed E-state index contributed by atoms with van der Waals surface area (Å²) in [6, 6.07) is 12.8. The van der Waals surface area contributed by atoms with Crippen molar-refractivity contribution in [3.05, 3.63) is 66.1 Å². The van der Waals surface area contributed by atoms with Gasteiger partial charge in [-0.15, -0.1) is 5.10 Å². The van der Waals surface area contributed by atoms with E-state index in [-0.39, 0.29) is 5.78 Å². The molecule has 0 bridgehead atoms. The summed E-state index contributed by atoms with van der Waals surface area (Å²) in [6.07, 6.45) is 3.64. The van der Waals surface area contributed by atoms with Gasteiger partial charge in [0.25, 0.3) is 0 Å². The minimum Gasteiger partial charge on any atom is -0.305 e. The lowest BCUT2D eigenvalue weighted by Gasteiger charge is -2.01. The van der Waals surface area contributed by atoms with Crippen LogP contribution in [0.5, 0.6) is 0 Å². The number of nitrogens with zero attached hydrogens (tertiary/aromatic N) is 3. The maximum atomic E-state index is 12.3. The summed E-state index contributed by atoms with van der Waals surface area (Å²) in [5.41, 5.74) is 0.914. The van der Waals surface area contributed by atoms with Gasteiger partial charge in [-0.25, -0.2) is 0 Å². The number of hydrogen-bond acceptors (Lipinski definition) is 3. The maximum Gasteiger partial charge on any atom is 0.217 e. The molecule has 0 saturated heterocycles. The van der Waals surface area contributed by atoms with Crippen molar-refractivity contribution in [3.8, 4) is 5.82 Å². The molecule has 0 radical (unpaired) electrons. The van der Waals surface area contributed by atoms with Gasteiger partial charge in [-0.05, 0) is 12.1 Å². The Morgan fingerprint density at radius 3 is 2.44 bits per heavy atom. The molecule has 3 aromatic rings. The first-order valence-corrected chi connectivity index (χ1v) is 5.50. The van der Waals surface area contributed by atoms with Crippen molar-refractivity contribution in [2.24, 2.45) is 0 Å². The molecule has 0 saturated carbocycles. The van der Waals surface area contributed by atoms with Gasteiger partial charge in [-0.1, -0.05) is 30.3 Å². The van der Waals surface area contributed by atoms with Gasteiger partial charge in [0.1, 0.15) is 0 Å². The Kier molecular flexibility index (Phi) is 2.49. The predicted molar refractivity (Wildman–Crippen MR) is 65.6 cm³/mol. The second-order valence-corrected chi connectivity index (χ2v) is 3.78. The molecule has 88 valence electrons. The van der Waals surface area contributed by atoms with Crippen molar-refractivity contribution in [1.29, 1.82) is 0 Å². The Balaban J connectivity index is 2.04. The smallest absolute Gasteiger partial charge is 0.217 e. The summed E-state index contributed by atoms with van der Waals surface area (Å²) in [7, 11) is 0. The fourth-order valence-corrected chi connectivity index (χ4v) is 1.76. The second-order valence-electron chi connectivity index (χ2n) is 3.78. The number of carbonyl (C=O) groups excluding carboxylic acids is 1. The van der Waals surface area contributed by atoms with Crippen LogP contribution in [-0.2, 0) is 0 Å². The lowest BCUT2D eigenvalue weighted by Crippen LogP contribution is -2.06. The third-order valence-corrected chi connectivity index (χ3v) is 2.63. The van der Waals surface area contributed by atoms with Crippen LogP contribution >= 0.6 is 0 Å². The minimum absolute atomic E-state index is 0.145. The SMILES string of the molecule is O=C(c1ccccc1)c1n[nH]nc1-n1cccc1. The highest BCUT2D eigenvalue weighted by molar-refractivity contribution is 6.09. The molecule has 5 heteroatoms. The normalized spacial score (nSPS) is 10.4. The first-order chi connectivity index (χ1) is 8.86. The zero-order chi connectivity index (χ0) is 12.4. The summed E-state index contributed by atoms with van der Waals surface area (Å²) in [4.78, 5) is 12.3. The molecule has 2 heterocycles. The zero-order valence-electron chi connectivity index (χ0n) is 9.45.